The molecule has 7 heteroatoms. The summed E-state index contributed by atoms with van der Waals surface area (Å²) in [7, 11) is 0. The minimum atomic E-state index is -0.447. The number of hydrogen-bond acceptors (Lipinski definition) is 5. The highest BCUT2D eigenvalue weighted by atomic mass is 16.6. The van der Waals surface area contributed by atoms with Crippen molar-refractivity contribution in [3.63, 3.8) is 0 Å². The third kappa shape index (κ3) is 5.92. The van der Waals surface area contributed by atoms with Crippen molar-refractivity contribution in [2.24, 2.45) is 0 Å². The van der Waals surface area contributed by atoms with Gasteiger partial charge in [0.2, 0.25) is 0 Å². The lowest BCUT2D eigenvalue weighted by Crippen LogP contribution is -2.36. The zero-order chi connectivity index (χ0) is 21.3. The number of nitriles is 1. The SMILES string of the molecule is N#CC(=Cc1cccc(OCc2ccc([N+](=O)[O-])cc2)c1)C(=O)NC1CCCCC1. The van der Waals surface area contributed by atoms with E-state index in [1.165, 1.54) is 18.6 Å². The van der Waals surface area contributed by atoms with Gasteiger partial charge in [-0.3, -0.25) is 14.9 Å². The van der Waals surface area contributed by atoms with Gasteiger partial charge in [0.25, 0.3) is 11.6 Å². The fraction of sp³-hybridized carbons (Fsp3) is 0.304. The number of nitrogens with one attached hydrogen (secondary N) is 1. The van der Waals surface area contributed by atoms with Gasteiger partial charge < -0.3 is 10.1 Å². The predicted molar refractivity (Wildman–Crippen MR) is 112 cm³/mol. The molecule has 0 atom stereocenters. The molecule has 0 radical (unpaired) electrons. The molecule has 154 valence electrons. The van der Waals surface area contributed by atoms with Crippen LogP contribution in [0, 0.1) is 21.4 Å². The van der Waals surface area contributed by atoms with Crippen molar-refractivity contribution in [2.75, 3.05) is 0 Å². The van der Waals surface area contributed by atoms with Crippen LogP contribution in [-0.2, 0) is 11.4 Å². The van der Waals surface area contributed by atoms with Crippen LogP contribution < -0.4 is 10.1 Å². The van der Waals surface area contributed by atoms with E-state index in [-0.39, 0.29) is 29.8 Å². The van der Waals surface area contributed by atoms with Crippen molar-refractivity contribution in [3.05, 3.63) is 75.3 Å². The molecule has 1 fully saturated rings. The molecule has 7 nitrogen and oxygen atoms in total. The fourth-order valence-electron chi connectivity index (χ4n) is 3.40. The first-order valence-corrected chi connectivity index (χ1v) is 9.94. The summed E-state index contributed by atoms with van der Waals surface area (Å²) >= 11 is 0. The van der Waals surface area contributed by atoms with Gasteiger partial charge in [0.05, 0.1) is 4.92 Å². The molecule has 1 N–H and O–H groups in total. The molecular weight excluding hydrogens is 382 g/mol. The first kappa shape index (κ1) is 21.1. The van der Waals surface area contributed by atoms with Gasteiger partial charge >= 0.3 is 0 Å². The highest BCUT2D eigenvalue weighted by molar-refractivity contribution is 6.01. The summed E-state index contributed by atoms with van der Waals surface area (Å²) in [5.41, 5.74) is 1.58. The van der Waals surface area contributed by atoms with Crippen LogP contribution in [0.3, 0.4) is 0 Å². The molecule has 1 aliphatic rings. The van der Waals surface area contributed by atoms with E-state index in [1.807, 2.05) is 6.07 Å². The molecule has 30 heavy (non-hydrogen) atoms. The van der Waals surface area contributed by atoms with Crippen molar-refractivity contribution in [1.29, 1.82) is 5.26 Å². The molecule has 2 aromatic carbocycles. The molecule has 0 aromatic heterocycles. The molecule has 1 aliphatic carbocycles. The van der Waals surface area contributed by atoms with Crippen LogP contribution in [0.5, 0.6) is 5.75 Å². The smallest absolute Gasteiger partial charge is 0.269 e. The standard InChI is InChI=1S/C23H23N3O4/c24-15-19(23(27)25-20-6-2-1-3-7-20)13-18-5-4-8-22(14-18)30-16-17-9-11-21(12-10-17)26(28)29/h4-5,8-14,20H,1-3,6-7,16H2,(H,25,27). The van der Waals surface area contributed by atoms with E-state index in [4.69, 9.17) is 4.74 Å². The summed E-state index contributed by atoms with van der Waals surface area (Å²) < 4.78 is 5.75. The third-order valence-corrected chi connectivity index (χ3v) is 5.03. The average Bonchev–Trinajstić information content (AvgIpc) is 2.77. The molecule has 1 amide bonds. The Bertz CT molecular complexity index is 971. The van der Waals surface area contributed by atoms with Crippen molar-refractivity contribution in [1.82, 2.24) is 5.32 Å². The zero-order valence-electron chi connectivity index (χ0n) is 16.5. The summed E-state index contributed by atoms with van der Waals surface area (Å²) in [5, 5.41) is 23.1. The Labute approximate surface area is 175 Å². The molecule has 0 heterocycles. The van der Waals surface area contributed by atoms with Crippen LogP contribution in [-0.4, -0.2) is 16.9 Å². The van der Waals surface area contributed by atoms with Crippen LogP contribution in [0.4, 0.5) is 5.69 Å². The van der Waals surface area contributed by atoms with E-state index in [0.717, 1.165) is 31.2 Å². The van der Waals surface area contributed by atoms with Gasteiger partial charge in [-0.2, -0.15) is 5.26 Å². The lowest BCUT2D eigenvalue weighted by atomic mass is 9.95. The summed E-state index contributed by atoms with van der Waals surface area (Å²) in [5.74, 6) is 0.230. The predicted octanol–water partition coefficient (Wildman–Crippen LogP) is 4.53. The number of benzene rings is 2. The molecule has 1 saturated carbocycles. The molecule has 0 aliphatic heterocycles. The molecule has 0 bridgehead atoms. The lowest BCUT2D eigenvalue weighted by molar-refractivity contribution is -0.384. The van der Waals surface area contributed by atoms with E-state index in [1.54, 1.807) is 42.5 Å². The Balaban J connectivity index is 1.63. The maximum atomic E-state index is 12.4. The Morgan fingerprint density at radius 3 is 2.60 bits per heavy atom. The summed E-state index contributed by atoms with van der Waals surface area (Å²) in [4.78, 5) is 22.7. The second kappa shape index (κ2) is 10.2. The monoisotopic (exact) mass is 405 g/mol. The van der Waals surface area contributed by atoms with Crippen LogP contribution >= 0.6 is 0 Å². The number of nitro benzene ring substituents is 1. The van der Waals surface area contributed by atoms with Gasteiger partial charge in [-0.1, -0.05) is 31.4 Å². The molecule has 0 unspecified atom stereocenters. The van der Waals surface area contributed by atoms with Crippen LogP contribution in [0.25, 0.3) is 6.08 Å². The highest BCUT2D eigenvalue weighted by Gasteiger charge is 2.18. The number of nitro groups is 1. The lowest BCUT2D eigenvalue weighted by Gasteiger charge is -2.22. The van der Waals surface area contributed by atoms with Gasteiger partial charge in [-0.25, -0.2) is 0 Å². The molecule has 3 rings (SSSR count). The van der Waals surface area contributed by atoms with E-state index in [0.29, 0.717) is 11.3 Å². The number of rotatable bonds is 7. The summed E-state index contributed by atoms with van der Waals surface area (Å²) in [6.45, 7) is 0.248. The van der Waals surface area contributed by atoms with E-state index in [2.05, 4.69) is 5.32 Å². The number of non-ortho nitro benzene ring substituents is 1. The topological polar surface area (TPSA) is 105 Å². The first-order valence-electron chi connectivity index (χ1n) is 9.94. The van der Waals surface area contributed by atoms with Gasteiger partial charge in [-0.15, -0.1) is 0 Å². The number of nitrogens with zero attached hydrogens (tertiary/aromatic N) is 2. The highest BCUT2D eigenvalue weighted by Crippen LogP contribution is 2.20. The fourth-order valence-corrected chi connectivity index (χ4v) is 3.40. The Morgan fingerprint density at radius 2 is 1.93 bits per heavy atom. The number of ether oxygens (including phenoxy) is 1. The van der Waals surface area contributed by atoms with Crippen molar-refractivity contribution in [3.8, 4) is 11.8 Å². The third-order valence-electron chi connectivity index (χ3n) is 5.03. The zero-order valence-corrected chi connectivity index (χ0v) is 16.5. The molecule has 2 aromatic rings. The van der Waals surface area contributed by atoms with Crippen molar-refractivity contribution in [2.45, 2.75) is 44.8 Å². The molecule has 0 spiro atoms. The first-order chi connectivity index (χ1) is 14.5. The average molecular weight is 405 g/mol. The maximum absolute atomic E-state index is 12.4. The van der Waals surface area contributed by atoms with E-state index >= 15 is 0 Å². The summed E-state index contributed by atoms with van der Waals surface area (Å²) in [6, 6.07) is 15.4. The van der Waals surface area contributed by atoms with E-state index < -0.39 is 4.92 Å². The second-order valence-corrected chi connectivity index (χ2v) is 7.26. The van der Waals surface area contributed by atoms with Crippen molar-refractivity contribution >= 4 is 17.7 Å². The van der Waals surface area contributed by atoms with Gasteiger partial charge in [0.1, 0.15) is 24.0 Å². The maximum Gasteiger partial charge on any atom is 0.269 e. The van der Waals surface area contributed by atoms with Crippen LogP contribution in [0.1, 0.15) is 43.2 Å². The minimum absolute atomic E-state index is 0.0291. The number of amides is 1. The largest absolute Gasteiger partial charge is 0.489 e. The summed E-state index contributed by atoms with van der Waals surface area (Å²) in [6.07, 6.45) is 6.86. The van der Waals surface area contributed by atoms with Crippen LogP contribution in [0.15, 0.2) is 54.1 Å². The number of carbonyl (C=O) groups excluding carboxylic acids is 1. The van der Waals surface area contributed by atoms with Crippen LogP contribution in [0.2, 0.25) is 0 Å². The van der Waals surface area contributed by atoms with Gasteiger partial charge in [-0.05, 0) is 54.3 Å². The Hall–Kier alpha value is -3.66. The second-order valence-electron chi connectivity index (χ2n) is 7.26. The molecular formula is C23H23N3O4. The Kier molecular flexibility index (Phi) is 7.17. The minimum Gasteiger partial charge on any atom is -0.489 e. The number of carbonyl (C=O) groups is 1. The molecule has 0 saturated heterocycles. The van der Waals surface area contributed by atoms with Gasteiger partial charge in [0, 0.05) is 18.2 Å². The van der Waals surface area contributed by atoms with Crippen molar-refractivity contribution < 1.29 is 14.5 Å². The van der Waals surface area contributed by atoms with E-state index in [9.17, 15) is 20.2 Å². The Morgan fingerprint density at radius 1 is 1.20 bits per heavy atom. The quantitative estimate of drug-likeness (QED) is 0.315. The number of hydrogen-bond donors (Lipinski definition) is 1. The van der Waals surface area contributed by atoms with Gasteiger partial charge in [0.15, 0.2) is 0 Å². The normalized spacial score (nSPS) is 14.6.